The Balaban J connectivity index is 4.89. The van der Waals surface area contributed by atoms with Crippen LogP contribution < -0.4 is 48.3 Å². The molecule has 0 rings (SSSR count). The smallest absolute Gasteiger partial charge is 0.325 e. The molecule has 0 radical (unpaired) electrons. The first kappa shape index (κ1) is 43.2. The zero-order valence-corrected chi connectivity index (χ0v) is 28.6. The van der Waals surface area contributed by atoms with Gasteiger partial charge in [0.05, 0.1) is 0 Å². The maximum Gasteiger partial charge on any atom is 0.325 e. The Morgan fingerprint density at radius 3 is 0.979 bits per heavy atom. The topological polar surface area (TPSA) is 296 Å². The van der Waals surface area contributed by atoms with Crippen molar-refractivity contribution in [3.05, 3.63) is 0 Å². The lowest BCUT2D eigenvalue weighted by molar-refractivity contribution is -0.141. The number of aliphatic carboxylic acids is 1. The second-order valence-electron chi connectivity index (χ2n) is 11.5. The van der Waals surface area contributed by atoms with E-state index >= 15 is 0 Å². The van der Waals surface area contributed by atoms with Gasteiger partial charge in [-0.3, -0.25) is 43.2 Å². The van der Waals surface area contributed by atoms with E-state index < -0.39 is 102 Å². The van der Waals surface area contributed by atoms with Crippen molar-refractivity contribution >= 4 is 53.2 Å². The zero-order chi connectivity index (χ0) is 37.3. The molecule has 8 atom stereocenters. The maximum absolute atomic E-state index is 12.7. The number of carboxylic acids is 1. The fourth-order valence-corrected chi connectivity index (χ4v) is 3.81. The number of hydrogen-bond acceptors (Lipinski definition) is 10. The molecular formula is C29H51N9O10. The van der Waals surface area contributed by atoms with Gasteiger partial charge in [-0.1, -0.05) is 0 Å². The van der Waals surface area contributed by atoms with E-state index in [0.29, 0.717) is 25.8 Å². The monoisotopic (exact) mass is 685 g/mol. The molecule has 0 fully saturated rings. The lowest BCUT2D eigenvalue weighted by Gasteiger charge is -2.23. The summed E-state index contributed by atoms with van der Waals surface area (Å²) in [4.78, 5) is 110. The normalized spacial score (nSPS) is 15.7. The van der Waals surface area contributed by atoms with Crippen LogP contribution in [-0.4, -0.2) is 113 Å². The van der Waals surface area contributed by atoms with E-state index in [1.165, 1.54) is 55.4 Å². The quantitative estimate of drug-likeness (QED) is 0.0555. The number of rotatable bonds is 20. The zero-order valence-electron chi connectivity index (χ0n) is 28.6. The van der Waals surface area contributed by atoms with E-state index in [9.17, 15) is 43.2 Å². The van der Waals surface area contributed by atoms with E-state index in [0.717, 1.165) is 0 Å². The van der Waals surface area contributed by atoms with Crippen LogP contribution in [0, 0.1) is 0 Å². The Kier molecular flexibility index (Phi) is 19.0. The van der Waals surface area contributed by atoms with Crippen molar-refractivity contribution in [2.24, 2.45) is 5.73 Å². The third-order valence-electron chi connectivity index (χ3n) is 6.88. The summed E-state index contributed by atoms with van der Waals surface area (Å²) in [6.07, 6.45) is 1.55. The van der Waals surface area contributed by atoms with Crippen molar-refractivity contribution in [2.75, 3.05) is 6.54 Å². The molecule has 0 saturated carbocycles. The fraction of sp³-hybridized carbons (Fsp3) is 0.690. The Morgan fingerprint density at radius 2 is 0.729 bits per heavy atom. The van der Waals surface area contributed by atoms with Crippen LogP contribution in [-0.2, 0) is 43.2 Å². The van der Waals surface area contributed by atoms with Crippen LogP contribution in [0.1, 0.15) is 74.7 Å². The SMILES string of the molecule is CC(=O)N[C@@H](CCCCN)C(=O)N[C@@H](C)C(=O)N[C@@H](C)C(=O)N[C@@H](C)C(=O)N[C@@H](C)C(=O)N[C@@H](C)C(=O)N[C@@H](C)C(=O)N[C@@H](C)C(=O)O. The van der Waals surface area contributed by atoms with E-state index in [1.54, 1.807) is 0 Å². The molecular weight excluding hydrogens is 634 g/mol. The van der Waals surface area contributed by atoms with Crippen LogP contribution in [0.3, 0.4) is 0 Å². The van der Waals surface area contributed by atoms with Crippen molar-refractivity contribution in [1.82, 2.24) is 42.5 Å². The molecule has 19 heteroatoms. The molecule has 48 heavy (non-hydrogen) atoms. The van der Waals surface area contributed by atoms with Crippen LogP contribution in [0.4, 0.5) is 0 Å². The summed E-state index contributed by atoms with van der Waals surface area (Å²) in [7, 11) is 0. The highest BCUT2D eigenvalue weighted by Crippen LogP contribution is 2.02. The summed E-state index contributed by atoms with van der Waals surface area (Å²) in [6, 6.07) is -8.77. The van der Waals surface area contributed by atoms with Crippen molar-refractivity contribution in [2.45, 2.75) is 123 Å². The van der Waals surface area contributed by atoms with Crippen LogP contribution in [0.25, 0.3) is 0 Å². The van der Waals surface area contributed by atoms with E-state index in [2.05, 4.69) is 42.5 Å². The first-order chi connectivity index (χ1) is 22.2. The first-order valence-corrected chi connectivity index (χ1v) is 15.5. The third kappa shape index (κ3) is 16.1. The number of amides is 8. The molecule has 11 N–H and O–H groups in total. The maximum atomic E-state index is 12.7. The number of nitrogens with one attached hydrogen (secondary N) is 8. The Hall–Kier alpha value is -4.81. The lowest BCUT2D eigenvalue weighted by atomic mass is 10.1. The highest BCUT2D eigenvalue weighted by Gasteiger charge is 2.28. The van der Waals surface area contributed by atoms with Crippen molar-refractivity contribution < 1.29 is 48.3 Å². The highest BCUT2D eigenvalue weighted by atomic mass is 16.4. The number of unbranched alkanes of at least 4 members (excludes halogenated alkanes) is 1. The molecule has 0 bridgehead atoms. The largest absolute Gasteiger partial charge is 0.480 e. The van der Waals surface area contributed by atoms with Gasteiger partial charge in [0.15, 0.2) is 0 Å². The van der Waals surface area contributed by atoms with Gasteiger partial charge in [0.2, 0.25) is 47.3 Å². The fourth-order valence-electron chi connectivity index (χ4n) is 3.81. The number of carboxylic acid groups (broad SMARTS) is 1. The predicted molar refractivity (Wildman–Crippen MR) is 171 cm³/mol. The molecule has 8 amide bonds. The Labute approximate surface area is 279 Å². The molecule has 0 spiro atoms. The van der Waals surface area contributed by atoms with Gasteiger partial charge in [-0.25, -0.2) is 0 Å². The van der Waals surface area contributed by atoms with Gasteiger partial charge in [-0.2, -0.15) is 0 Å². The van der Waals surface area contributed by atoms with Crippen LogP contribution in [0.15, 0.2) is 0 Å². The predicted octanol–water partition coefficient (Wildman–Crippen LogP) is -3.76. The molecule has 0 aromatic rings. The highest BCUT2D eigenvalue weighted by molar-refractivity contribution is 5.97. The molecule has 0 heterocycles. The molecule has 0 aromatic carbocycles. The minimum Gasteiger partial charge on any atom is -0.480 e. The molecule has 0 aromatic heterocycles. The van der Waals surface area contributed by atoms with Crippen LogP contribution >= 0.6 is 0 Å². The third-order valence-corrected chi connectivity index (χ3v) is 6.88. The van der Waals surface area contributed by atoms with Gasteiger partial charge in [0.1, 0.15) is 48.3 Å². The standard InChI is InChI=1S/C29H51N9O10/c1-13(23(41)33-15(3)25(43)35-17(5)27(45)37-19(7)29(47)48)31-22(40)14(2)32-24(42)16(4)34-26(44)18(6)36-28(46)21(38-20(8)39)11-9-10-12-30/h13-19,21H,9-12,30H2,1-8H3,(H,31,40)(H,32,42)(H,33,41)(H,34,44)(H,35,43)(H,36,46)(H,37,45)(H,38,39)(H,47,48)/t13-,14-,15-,16-,17-,18-,19-,21-/m0/s1. The summed E-state index contributed by atoms with van der Waals surface area (Å²) in [5.74, 6) is -6.67. The second kappa shape index (κ2) is 21.1. The van der Waals surface area contributed by atoms with Gasteiger partial charge >= 0.3 is 5.97 Å². The number of hydrogen-bond donors (Lipinski definition) is 10. The van der Waals surface area contributed by atoms with Crippen molar-refractivity contribution in [3.63, 3.8) is 0 Å². The molecule has 0 aliphatic carbocycles. The first-order valence-electron chi connectivity index (χ1n) is 15.5. The van der Waals surface area contributed by atoms with Gasteiger partial charge in [0.25, 0.3) is 0 Å². The molecule has 19 nitrogen and oxygen atoms in total. The van der Waals surface area contributed by atoms with Crippen molar-refractivity contribution in [1.29, 1.82) is 0 Å². The second-order valence-corrected chi connectivity index (χ2v) is 11.5. The van der Waals surface area contributed by atoms with Gasteiger partial charge in [0, 0.05) is 6.92 Å². The van der Waals surface area contributed by atoms with Gasteiger partial charge in [-0.15, -0.1) is 0 Å². The summed E-state index contributed by atoms with van der Waals surface area (Å²) >= 11 is 0. The summed E-state index contributed by atoms with van der Waals surface area (Å²) in [5, 5.41) is 28.1. The van der Waals surface area contributed by atoms with E-state index in [1.807, 2.05) is 0 Å². The number of carbonyl (C=O) groups excluding carboxylic acids is 8. The molecule has 0 saturated heterocycles. The van der Waals surface area contributed by atoms with Crippen molar-refractivity contribution in [3.8, 4) is 0 Å². The average Bonchev–Trinajstić information content (AvgIpc) is 2.99. The number of carbonyl (C=O) groups is 9. The van der Waals surface area contributed by atoms with E-state index in [-0.39, 0.29) is 0 Å². The molecule has 0 unspecified atom stereocenters. The molecule has 0 aliphatic rings. The Bertz CT molecular complexity index is 1200. The molecule has 272 valence electrons. The van der Waals surface area contributed by atoms with Gasteiger partial charge < -0.3 is 53.4 Å². The lowest BCUT2D eigenvalue weighted by Crippen LogP contribution is -2.58. The minimum absolute atomic E-state index is 0.320. The summed E-state index contributed by atoms with van der Waals surface area (Å²) in [6.45, 7) is 11.0. The minimum atomic E-state index is -1.26. The van der Waals surface area contributed by atoms with Crippen LogP contribution in [0.5, 0.6) is 0 Å². The van der Waals surface area contributed by atoms with E-state index in [4.69, 9.17) is 10.8 Å². The van der Waals surface area contributed by atoms with Gasteiger partial charge in [-0.05, 0) is 74.3 Å². The van der Waals surface area contributed by atoms with Crippen LogP contribution in [0.2, 0.25) is 0 Å². The summed E-state index contributed by atoms with van der Waals surface area (Å²) in [5.41, 5.74) is 5.48. The molecule has 0 aliphatic heterocycles. The summed E-state index contributed by atoms with van der Waals surface area (Å²) < 4.78 is 0. The average molecular weight is 686 g/mol. The Morgan fingerprint density at radius 1 is 0.458 bits per heavy atom. The number of nitrogens with two attached hydrogens (primary N) is 1.